The third-order valence-corrected chi connectivity index (χ3v) is 2.22. The van der Waals surface area contributed by atoms with Gasteiger partial charge in [-0.15, -0.1) is 6.58 Å². The Bertz CT molecular complexity index is 263. The summed E-state index contributed by atoms with van der Waals surface area (Å²) in [6.07, 6.45) is 3.38. The summed E-state index contributed by atoms with van der Waals surface area (Å²) < 4.78 is 4.88. The van der Waals surface area contributed by atoms with Crippen LogP contribution in [0.25, 0.3) is 0 Å². The van der Waals surface area contributed by atoms with Crippen molar-refractivity contribution in [3.05, 3.63) is 12.7 Å². The SMILES string of the molecule is C=CCCC(C)(CC(=O)OCC)NC(C)=O. The van der Waals surface area contributed by atoms with Gasteiger partial charge in [0.1, 0.15) is 0 Å². The minimum Gasteiger partial charge on any atom is -0.466 e. The Kier molecular flexibility index (Phi) is 6.46. The fraction of sp³-hybridized carbons (Fsp3) is 0.667. The number of amides is 1. The van der Waals surface area contributed by atoms with E-state index in [1.807, 2.05) is 6.92 Å². The highest BCUT2D eigenvalue weighted by atomic mass is 16.5. The summed E-state index contributed by atoms with van der Waals surface area (Å²) in [5, 5.41) is 2.79. The maximum absolute atomic E-state index is 11.4. The summed E-state index contributed by atoms with van der Waals surface area (Å²) in [5.74, 6) is -0.432. The van der Waals surface area contributed by atoms with Crippen LogP contribution in [0.2, 0.25) is 0 Å². The van der Waals surface area contributed by atoms with E-state index < -0.39 is 5.54 Å². The number of ether oxygens (including phenoxy) is 1. The molecule has 0 fully saturated rings. The lowest BCUT2D eigenvalue weighted by molar-refractivity contribution is -0.145. The van der Waals surface area contributed by atoms with Crippen molar-refractivity contribution < 1.29 is 14.3 Å². The monoisotopic (exact) mass is 227 g/mol. The second-order valence-electron chi connectivity index (χ2n) is 4.05. The Hall–Kier alpha value is -1.32. The van der Waals surface area contributed by atoms with Gasteiger partial charge in [0, 0.05) is 12.5 Å². The largest absolute Gasteiger partial charge is 0.466 e. The van der Waals surface area contributed by atoms with Gasteiger partial charge in [0.15, 0.2) is 0 Å². The molecule has 4 heteroatoms. The molecule has 1 amide bonds. The summed E-state index contributed by atoms with van der Waals surface area (Å²) in [6, 6.07) is 0. The Morgan fingerprint density at radius 2 is 2.12 bits per heavy atom. The Morgan fingerprint density at radius 1 is 1.50 bits per heavy atom. The zero-order valence-corrected chi connectivity index (χ0v) is 10.3. The predicted octanol–water partition coefficient (Wildman–Crippen LogP) is 1.80. The van der Waals surface area contributed by atoms with Crippen LogP contribution in [0.5, 0.6) is 0 Å². The maximum atomic E-state index is 11.4. The number of rotatable bonds is 7. The highest BCUT2D eigenvalue weighted by molar-refractivity contribution is 5.76. The van der Waals surface area contributed by atoms with Crippen LogP contribution in [0.3, 0.4) is 0 Å². The molecule has 4 nitrogen and oxygen atoms in total. The maximum Gasteiger partial charge on any atom is 0.308 e. The average molecular weight is 227 g/mol. The van der Waals surface area contributed by atoms with Crippen LogP contribution < -0.4 is 5.32 Å². The molecule has 0 aromatic heterocycles. The van der Waals surface area contributed by atoms with Crippen molar-refractivity contribution in [3.63, 3.8) is 0 Å². The lowest BCUT2D eigenvalue weighted by Crippen LogP contribution is -2.46. The fourth-order valence-corrected chi connectivity index (χ4v) is 1.57. The van der Waals surface area contributed by atoms with Crippen molar-refractivity contribution in [2.45, 2.75) is 45.6 Å². The van der Waals surface area contributed by atoms with Crippen LogP contribution in [-0.2, 0) is 14.3 Å². The molecular weight excluding hydrogens is 206 g/mol. The molecule has 0 aliphatic carbocycles. The number of carbonyl (C=O) groups is 2. The molecule has 0 rings (SSSR count). The van der Waals surface area contributed by atoms with E-state index in [2.05, 4.69) is 11.9 Å². The van der Waals surface area contributed by atoms with Gasteiger partial charge in [0.2, 0.25) is 5.91 Å². The van der Waals surface area contributed by atoms with Crippen molar-refractivity contribution >= 4 is 11.9 Å². The predicted molar refractivity (Wildman–Crippen MR) is 62.9 cm³/mol. The number of allylic oxidation sites excluding steroid dienone is 1. The van der Waals surface area contributed by atoms with Crippen molar-refractivity contribution in [1.29, 1.82) is 0 Å². The van der Waals surface area contributed by atoms with Crippen LogP contribution in [0, 0.1) is 0 Å². The van der Waals surface area contributed by atoms with E-state index in [0.29, 0.717) is 13.0 Å². The third kappa shape index (κ3) is 6.22. The van der Waals surface area contributed by atoms with Gasteiger partial charge in [-0.1, -0.05) is 6.08 Å². The molecule has 0 radical (unpaired) electrons. The number of esters is 1. The van der Waals surface area contributed by atoms with Gasteiger partial charge < -0.3 is 10.1 Å². The summed E-state index contributed by atoms with van der Waals surface area (Å²) in [6.45, 7) is 9.03. The number of hydrogen-bond acceptors (Lipinski definition) is 3. The molecule has 0 spiro atoms. The van der Waals surface area contributed by atoms with Gasteiger partial charge >= 0.3 is 5.97 Å². The topological polar surface area (TPSA) is 55.4 Å². The van der Waals surface area contributed by atoms with Gasteiger partial charge in [-0.25, -0.2) is 0 Å². The molecule has 0 aliphatic heterocycles. The highest BCUT2D eigenvalue weighted by Gasteiger charge is 2.28. The second-order valence-corrected chi connectivity index (χ2v) is 4.05. The van der Waals surface area contributed by atoms with Gasteiger partial charge in [-0.3, -0.25) is 9.59 Å². The molecular formula is C12H21NO3. The molecule has 0 aliphatic rings. The zero-order chi connectivity index (χ0) is 12.6. The van der Waals surface area contributed by atoms with E-state index in [4.69, 9.17) is 4.74 Å². The second kappa shape index (κ2) is 7.04. The van der Waals surface area contributed by atoms with Crippen LogP contribution in [0.4, 0.5) is 0 Å². The Labute approximate surface area is 97.1 Å². The quantitative estimate of drug-likeness (QED) is 0.533. The van der Waals surface area contributed by atoms with E-state index in [9.17, 15) is 9.59 Å². The molecule has 0 aromatic rings. The van der Waals surface area contributed by atoms with E-state index in [1.165, 1.54) is 6.92 Å². The zero-order valence-electron chi connectivity index (χ0n) is 10.3. The number of carbonyl (C=O) groups excluding carboxylic acids is 2. The summed E-state index contributed by atoms with van der Waals surface area (Å²) in [7, 11) is 0. The normalized spacial score (nSPS) is 13.7. The molecule has 0 saturated carbocycles. The van der Waals surface area contributed by atoms with Crippen molar-refractivity contribution in [2.24, 2.45) is 0 Å². The number of hydrogen-bond donors (Lipinski definition) is 1. The molecule has 1 N–H and O–H groups in total. The first-order valence-corrected chi connectivity index (χ1v) is 5.49. The lowest BCUT2D eigenvalue weighted by atomic mass is 9.91. The van der Waals surface area contributed by atoms with Crippen LogP contribution in [0.15, 0.2) is 12.7 Å². The molecule has 0 aromatic carbocycles. The Balaban J connectivity index is 4.44. The first kappa shape index (κ1) is 14.7. The summed E-state index contributed by atoms with van der Waals surface area (Å²) in [4.78, 5) is 22.5. The number of nitrogens with one attached hydrogen (secondary N) is 1. The molecule has 0 bridgehead atoms. The third-order valence-electron chi connectivity index (χ3n) is 2.22. The van der Waals surface area contributed by atoms with Crippen molar-refractivity contribution in [1.82, 2.24) is 5.32 Å². The van der Waals surface area contributed by atoms with E-state index in [1.54, 1.807) is 13.0 Å². The van der Waals surface area contributed by atoms with Crippen LogP contribution >= 0.6 is 0 Å². The highest BCUT2D eigenvalue weighted by Crippen LogP contribution is 2.18. The molecule has 92 valence electrons. The minimum atomic E-state index is -0.549. The van der Waals surface area contributed by atoms with Gasteiger partial charge in [-0.2, -0.15) is 0 Å². The molecule has 0 saturated heterocycles. The lowest BCUT2D eigenvalue weighted by Gasteiger charge is -2.29. The van der Waals surface area contributed by atoms with Gasteiger partial charge in [0.05, 0.1) is 13.0 Å². The summed E-state index contributed by atoms with van der Waals surface area (Å²) >= 11 is 0. The minimum absolute atomic E-state index is 0.143. The fourth-order valence-electron chi connectivity index (χ4n) is 1.57. The molecule has 0 heterocycles. The summed E-state index contributed by atoms with van der Waals surface area (Å²) in [5.41, 5.74) is -0.549. The van der Waals surface area contributed by atoms with Gasteiger partial charge in [0.25, 0.3) is 0 Å². The van der Waals surface area contributed by atoms with Crippen LogP contribution in [0.1, 0.15) is 40.0 Å². The van der Waals surface area contributed by atoms with E-state index in [-0.39, 0.29) is 18.3 Å². The molecule has 16 heavy (non-hydrogen) atoms. The van der Waals surface area contributed by atoms with Crippen molar-refractivity contribution in [3.8, 4) is 0 Å². The van der Waals surface area contributed by atoms with E-state index >= 15 is 0 Å². The van der Waals surface area contributed by atoms with E-state index in [0.717, 1.165) is 6.42 Å². The smallest absolute Gasteiger partial charge is 0.308 e. The molecule has 1 unspecified atom stereocenters. The Morgan fingerprint density at radius 3 is 2.56 bits per heavy atom. The van der Waals surface area contributed by atoms with Crippen LogP contribution in [-0.4, -0.2) is 24.0 Å². The first-order valence-electron chi connectivity index (χ1n) is 5.49. The average Bonchev–Trinajstić information content (AvgIpc) is 2.13. The van der Waals surface area contributed by atoms with Crippen molar-refractivity contribution in [2.75, 3.05) is 6.61 Å². The van der Waals surface area contributed by atoms with Gasteiger partial charge in [-0.05, 0) is 26.7 Å². The first-order chi connectivity index (χ1) is 7.43. The molecule has 1 atom stereocenters. The standard InChI is InChI=1S/C12H21NO3/c1-5-7-8-12(4,13-10(3)14)9-11(15)16-6-2/h5H,1,6-9H2,2-4H3,(H,13,14).